The van der Waals surface area contributed by atoms with Crippen molar-refractivity contribution in [3.05, 3.63) is 72.6 Å². The number of carbonyl (C=O) groups is 2. The molecule has 2 N–H and O–H groups in total. The van der Waals surface area contributed by atoms with Crippen LogP contribution < -0.4 is 5.32 Å². The van der Waals surface area contributed by atoms with Gasteiger partial charge in [-0.2, -0.15) is 0 Å². The second kappa shape index (κ2) is 8.26. The highest BCUT2D eigenvalue weighted by Gasteiger charge is 2.34. The molecule has 1 unspecified atom stereocenters. The molecule has 148 valence electrons. The molecule has 1 aliphatic heterocycles. The van der Waals surface area contributed by atoms with Gasteiger partial charge in [0.15, 0.2) is 0 Å². The summed E-state index contributed by atoms with van der Waals surface area (Å²) in [5, 5.41) is 2.89. The molecule has 1 aromatic heterocycles. The summed E-state index contributed by atoms with van der Waals surface area (Å²) >= 11 is 0. The van der Waals surface area contributed by atoms with Crippen LogP contribution in [0, 0.1) is 5.82 Å². The van der Waals surface area contributed by atoms with E-state index in [4.69, 9.17) is 0 Å². The summed E-state index contributed by atoms with van der Waals surface area (Å²) in [6, 6.07) is 13.1. The van der Waals surface area contributed by atoms with Gasteiger partial charge in [-0.15, -0.1) is 0 Å². The lowest BCUT2D eigenvalue weighted by Gasteiger charge is -2.24. The monoisotopic (exact) mass is 392 g/mol. The average molecular weight is 392 g/mol. The first-order chi connectivity index (χ1) is 14.1. The third-order valence-electron chi connectivity index (χ3n) is 5.08. The summed E-state index contributed by atoms with van der Waals surface area (Å²) in [6.45, 7) is 0.573. The van der Waals surface area contributed by atoms with E-state index in [1.165, 1.54) is 18.5 Å². The molecule has 1 atom stereocenters. The highest BCUT2D eigenvalue weighted by Crippen LogP contribution is 2.24. The van der Waals surface area contributed by atoms with E-state index in [0.29, 0.717) is 18.7 Å². The minimum atomic E-state index is -0.478. The van der Waals surface area contributed by atoms with Crippen LogP contribution >= 0.6 is 0 Å². The lowest BCUT2D eigenvalue weighted by Crippen LogP contribution is -2.43. The molecule has 1 saturated heterocycles. The Hall–Kier alpha value is -3.48. The summed E-state index contributed by atoms with van der Waals surface area (Å²) in [6.07, 6.45) is 4.78. The number of nitrogens with zero attached hydrogens (tertiary/aromatic N) is 2. The smallest absolute Gasteiger partial charge is 0.247 e. The van der Waals surface area contributed by atoms with Crippen LogP contribution in [-0.4, -0.2) is 39.3 Å². The zero-order chi connectivity index (χ0) is 20.2. The first-order valence-corrected chi connectivity index (χ1v) is 9.54. The van der Waals surface area contributed by atoms with Crippen LogP contribution in [0.2, 0.25) is 0 Å². The number of rotatable bonds is 5. The van der Waals surface area contributed by atoms with Crippen LogP contribution in [0.4, 0.5) is 10.1 Å². The number of benzene rings is 2. The van der Waals surface area contributed by atoms with E-state index < -0.39 is 6.04 Å². The van der Waals surface area contributed by atoms with Crippen molar-refractivity contribution in [1.82, 2.24) is 14.9 Å². The van der Waals surface area contributed by atoms with E-state index in [2.05, 4.69) is 15.3 Å². The van der Waals surface area contributed by atoms with E-state index >= 15 is 0 Å². The Kier molecular flexibility index (Phi) is 5.37. The standard InChI is InChI=1S/C22H21FN4O2/c23-17-4-1-3-16(11-17)15-6-8-18(9-7-15)26-22(29)20-5-2-10-27(20)21(28)12-19-13-24-14-25-19/h1,3-4,6-9,11,13-14,20H,2,5,10,12H2,(H,24,25)(H,26,29). The molecule has 2 amide bonds. The van der Waals surface area contributed by atoms with Crippen molar-refractivity contribution >= 4 is 17.5 Å². The summed E-state index contributed by atoms with van der Waals surface area (Å²) in [7, 11) is 0. The van der Waals surface area contributed by atoms with Crippen molar-refractivity contribution in [3.63, 3.8) is 0 Å². The number of nitrogens with one attached hydrogen (secondary N) is 2. The Balaban J connectivity index is 1.41. The molecule has 29 heavy (non-hydrogen) atoms. The molecule has 0 radical (unpaired) electrons. The minimum Gasteiger partial charge on any atom is -0.348 e. The Bertz CT molecular complexity index is 1000. The van der Waals surface area contributed by atoms with Gasteiger partial charge in [-0.1, -0.05) is 24.3 Å². The lowest BCUT2D eigenvalue weighted by molar-refractivity contribution is -0.136. The molecule has 4 rings (SSSR count). The van der Waals surface area contributed by atoms with Crippen LogP contribution in [0.3, 0.4) is 0 Å². The van der Waals surface area contributed by atoms with Gasteiger partial charge in [0.2, 0.25) is 11.8 Å². The number of imidazole rings is 1. The number of hydrogen-bond donors (Lipinski definition) is 2. The predicted octanol–water partition coefficient (Wildman–Crippen LogP) is 3.39. The highest BCUT2D eigenvalue weighted by atomic mass is 19.1. The summed E-state index contributed by atoms with van der Waals surface area (Å²) < 4.78 is 13.4. The number of H-pyrrole nitrogens is 1. The van der Waals surface area contributed by atoms with Gasteiger partial charge in [0, 0.05) is 24.1 Å². The lowest BCUT2D eigenvalue weighted by atomic mass is 10.1. The van der Waals surface area contributed by atoms with Crippen molar-refractivity contribution in [2.24, 2.45) is 0 Å². The number of amides is 2. The average Bonchev–Trinajstić information content (AvgIpc) is 3.40. The molecule has 2 heterocycles. The molecule has 0 aliphatic carbocycles. The van der Waals surface area contributed by atoms with Crippen molar-refractivity contribution in [1.29, 1.82) is 0 Å². The van der Waals surface area contributed by atoms with Crippen LogP contribution in [0.5, 0.6) is 0 Å². The van der Waals surface area contributed by atoms with E-state index in [1.807, 2.05) is 18.2 Å². The second-order valence-corrected chi connectivity index (χ2v) is 7.08. The first kappa shape index (κ1) is 18.9. The summed E-state index contributed by atoms with van der Waals surface area (Å²) in [5.74, 6) is -0.576. The summed E-state index contributed by atoms with van der Waals surface area (Å²) in [4.78, 5) is 33.8. The molecule has 0 spiro atoms. The zero-order valence-corrected chi connectivity index (χ0v) is 15.8. The van der Waals surface area contributed by atoms with E-state index in [9.17, 15) is 14.0 Å². The van der Waals surface area contributed by atoms with Gasteiger partial charge in [-0.3, -0.25) is 9.59 Å². The van der Waals surface area contributed by atoms with E-state index in [0.717, 1.165) is 23.2 Å². The van der Waals surface area contributed by atoms with Gasteiger partial charge in [0.1, 0.15) is 11.9 Å². The molecule has 0 bridgehead atoms. The molecular weight excluding hydrogens is 371 g/mol. The summed E-state index contributed by atoms with van der Waals surface area (Å²) in [5.41, 5.74) is 3.01. The second-order valence-electron chi connectivity index (χ2n) is 7.08. The number of hydrogen-bond acceptors (Lipinski definition) is 3. The Morgan fingerprint density at radius 2 is 2.00 bits per heavy atom. The van der Waals surface area contributed by atoms with Crippen LogP contribution in [0.15, 0.2) is 61.1 Å². The van der Waals surface area contributed by atoms with Gasteiger partial charge in [-0.05, 0) is 48.2 Å². The molecule has 0 saturated carbocycles. The normalized spacial score (nSPS) is 16.0. The van der Waals surface area contributed by atoms with Crippen LogP contribution in [-0.2, 0) is 16.0 Å². The third kappa shape index (κ3) is 4.34. The highest BCUT2D eigenvalue weighted by molar-refractivity contribution is 5.97. The quantitative estimate of drug-likeness (QED) is 0.699. The largest absolute Gasteiger partial charge is 0.348 e. The van der Waals surface area contributed by atoms with Crippen LogP contribution in [0.1, 0.15) is 18.5 Å². The topological polar surface area (TPSA) is 78.1 Å². The maximum absolute atomic E-state index is 13.4. The fraction of sp³-hybridized carbons (Fsp3) is 0.227. The third-order valence-corrected chi connectivity index (χ3v) is 5.08. The maximum atomic E-state index is 13.4. The SMILES string of the molecule is O=C(Nc1ccc(-c2cccc(F)c2)cc1)C1CCCN1C(=O)Cc1cnc[nH]1. The fourth-order valence-corrected chi connectivity index (χ4v) is 3.62. The van der Waals surface area contributed by atoms with E-state index in [1.54, 1.807) is 29.3 Å². The number of likely N-dealkylation sites (tertiary alicyclic amines) is 1. The molecule has 1 aliphatic rings. The Morgan fingerprint density at radius 1 is 1.17 bits per heavy atom. The zero-order valence-electron chi connectivity index (χ0n) is 15.8. The van der Waals surface area contributed by atoms with Crippen molar-refractivity contribution in [2.75, 3.05) is 11.9 Å². The van der Waals surface area contributed by atoms with Crippen molar-refractivity contribution in [3.8, 4) is 11.1 Å². The van der Waals surface area contributed by atoms with Crippen molar-refractivity contribution < 1.29 is 14.0 Å². The van der Waals surface area contributed by atoms with E-state index in [-0.39, 0.29) is 24.1 Å². The van der Waals surface area contributed by atoms with Gasteiger partial charge in [0.05, 0.1) is 12.7 Å². The fourth-order valence-electron chi connectivity index (χ4n) is 3.62. The maximum Gasteiger partial charge on any atom is 0.247 e. The molecule has 3 aromatic rings. The van der Waals surface area contributed by atoms with Gasteiger partial charge in [0.25, 0.3) is 0 Å². The van der Waals surface area contributed by atoms with Gasteiger partial charge in [-0.25, -0.2) is 9.37 Å². The number of carbonyl (C=O) groups excluding carboxylic acids is 2. The Labute approximate surface area is 167 Å². The molecule has 2 aromatic carbocycles. The Morgan fingerprint density at radius 3 is 2.72 bits per heavy atom. The number of aromatic amines is 1. The molecule has 1 fully saturated rings. The van der Waals surface area contributed by atoms with Gasteiger partial charge < -0.3 is 15.2 Å². The molecule has 6 nitrogen and oxygen atoms in total. The van der Waals surface area contributed by atoms with Crippen LogP contribution in [0.25, 0.3) is 11.1 Å². The molecule has 7 heteroatoms. The number of anilines is 1. The number of halogens is 1. The minimum absolute atomic E-state index is 0.0895. The predicted molar refractivity (Wildman–Crippen MR) is 107 cm³/mol. The molecular formula is C22H21FN4O2. The van der Waals surface area contributed by atoms with Gasteiger partial charge >= 0.3 is 0 Å². The number of aromatic nitrogens is 2. The first-order valence-electron chi connectivity index (χ1n) is 9.54. The van der Waals surface area contributed by atoms with Crippen molar-refractivity contribution in [2.45, 2.75) is 25.3 Å².